The maximum atomic E-state index is 12.0. The van der Waals surface area contributed by atoms with Crippen molar-refractivity contribution < 1.29 is 23.9 Å². The van der Waals surface area contributed by atoms with Gasteiger partial charge in [-0.2, -0.15) is 0 Å². The first-order chi connectivity index (χ1) is 18.8. The molecule has 1 aliphatic heterocycles. The van der Waals surface area contributed by atoms with Gasteiger partial charge in [-0.1, -0.05) is 53.7 Å². The van der Waals surface area contributed by atoms with Crippen LogP contribution in [-0.2, 0) is 32.9 Å². The van der Waals surface area contributed by atoms with Crippen molar-refractivity contribution in [3.8, 4) is 11.3 Å². The molecule has 0 bridgehead atoms. The molecule has 0 spiro atoms. The van der Waals surface area contributed by atoms with Crippen LogP contribution in [0.15, 0.2) is 57.5 Å². The Morgan fingerprint density at radius 1 is 1.23 bits per heavy atom. The van der Waals surface area contributed by atoms with Gasteiger partial charge in [0, 0.05) is 25.6 Å². The van der Waals surface area contributed by atoms with Crippen LogP contribution in [0.2, 0.25) is 0 Å². The number of hydrogen-bond donors (Lipinski definition) is 3. The Labute approximate surface area is 238 Å². The lowest BCUT2D eigenvalue weighted by molar-refractivity contribution is -0.118. The van der Waals surface area contributed by atoms with Gasteiger partial charge in [0.25, 0.3) is 0 Å². The van der Waals surface area contributed by atoms with Crippen molar-refractivity contribution in [2.24, 2.45) is 0 Å². The number of aliphatic hydroxyl groups is 1. The minimum absolute atomic E-state index is 0.0588. The molecule has 39 heavy (non-hydrogen) atoms. The third-order valence-electron chi connectivity index (χ3n) is 7.03. The molecule has 1 amide bonds. The van der Waals surface area contributed by atoms with E-state index >= 15 is 0 Å². The van der Waals surface area contributed by atoms with Gasteiger partial charge in [0.2, 0.25) is 5.91 Å². The van der Waals surface area contributed by atoms with Crippen molar-refractivity contribution in [3.63, 3.8) is 0 Å². The van der Waals surface area contributed by atoms with E-state index in [1.165, 1.54) is 6.92 Å². The number of carbonyl (C=O) groups excluding carboxylic acids is 1. The standard InChI is InChI=1S/C30H38BrN3O5/c1-20(2)38-17-16-37-19-22-8-10-24(11-9-22)30(36)13-15-32-18-26(30)28-27(31)29(39-34-28)25-7-5-4-6-23(25)12-14-33-21(3)35/h4-11,20,26,32,36H,12-19H2,1-3H3,(H,33,35)/t26-,30+/m1/s1. The molecule has 4 rings (SSSR count). The van der Waals surface area contributed by atoms with Gasteiger partial charge in [-0.15, -0.1) is 0 Å². The van der Waals surface area contributed by atoms with Gasteiger partial charge in [0.1, 0.15) is 11.3 Å². The summed E-state index contributed by atoms with van der Waals surface area (Å²) in [5.41, 5.74) is 3.39. The molecule has 9 heteroatoms. The Morgan fingerprint density at radius 2 is 2.00 bits per heavy atom. The quantitative estimate of drug-likeness (QED) is 0.259. The van der Waals surface area contributed by atoms with E-state index in [0.717, 1.165) is 26.7 Å². The molecular weight excluding hydrogens is 562 g/mol. The average molecular weight is 601 g/mol. The SMILES string of the molecule is CC(=O)NCCc1ccccc1-c1onc([C@H]2CNCC[C@]2(O)c2ccc(COCCOC(C)C)cc2)c1Br. The molecule has 3 aromatic rings. The van der Waals surface area contributed by atoms with Gasteiger partial charge < -0.3 is 29.7 Å². The van der Waals surface area contributed by atoms with E-state index < -0.39 is 5.60 Å². The van der Waals surface area contributed by atoms with Crippen LogP contribution in [-0.4, -0.2) is 55.1 Å². The number of amides is 1. The van der Waals surface area contributed by atoms with Crippen LogP contribution < -0.4 is 10.6 Å². The van der Waals surface area contributed by atoms with Crippen LogP contribution in [0.5, 0.6) is 0 Å². The summed E-state index contributed by atoms with van der Waals surface area (Å²) in [7, 11) is 0. The summed E-state index contributed by atoms with van der Waals surface area (Å²) in [5, 5.41) is 22.7. The zero-order chi connectivity index (χ0) is 27.8. The molecule has 0 radical (unpaired) electrons. The minimum Gasteiger partial charge on any atom is -0.384 e. The van der Waals surface area contributed by atoms with Crippen LogP contribution >= 0.6 is 15.9 Å². The van der Waals surface area contributed by atoms with Crippen molar-refractivity contribution >= 4 is 21.8 Å². The van der Waals surface area contributed by atoms with Crippen molar-refractivity contribution in [2.45, 2.75) is 57.8 Å². The second kappa shape index (κ2) is 13.7. The molecule has 1 aliphatic rings. The van der Waals surface area contributed by atoms with Crippen molar-refractivity contribution in [3.05, 3.63) is 75.4 Å². The van der Waals surface area contributed by atoms with Crippen molar-refractivity contribution in [1.82, 2.24) is 15.8 Å². The largest absolute Gasteiger partial charge is 0.384 e. The predicted molar refractivity (Wildman–Crippen MR) is 153 cm³/mol. The van der Waals surface area contributed by atoms with E-state index in [4.69, 9.17) is 14.0 Å². The van der Waals surface area contributed by atoms with Gasteiger partial charge in [-0.05, 0) is 65.9 Å². The Morgan fingerprint density at radius 3 is 2.74 bits per heavy atom. The normalized spacial score (nSPS) is 19.4. The highest BCUT2D eigenvalue weighted by Crippen LogP contribution is 2.45. The average Bonchev–Trinajstić information content (AvgIpc) is 3.29. The molecule has 1 aromatic heterocycles. The number of halogens is 1. The van der Waals surface area contributed by atoms with Crippen LogP contribution in [0.4, 0.5) is 0 Å². The molecule has 1 saturated heterocycles. The third-order valence-corrected chi connectivity index (χ3v) is 7.80. The number of carbonyl (C=O) groups is 1. The summed E-state index contributed by atoms with van der Waals surface area (Å²) in [6.45, 7) is 8.91. The summed E-state index contributed by atoms with van der Waals surface area (Å²) in [5.74, 6) is 0.238. The molecule has 0 saturated carbocycles. The zero-order valence-electron chi connectivity index (χ0n) is 22.8. The Balaban J connectivity index is 1.52. The van der Waals surface area contributed by atoms with E-state index in [1.807, 2.05) is 62.4 Å². The summed E-state index contributed by atoms with van der Waals surface area (Å²) >= 11 is 3.74. The fourth-order valence-electron chi connectivity index (χ4n) is 4.97. The lowest BCUT2D eigenvalue weighted by Gasteiger charge is -2.40. The molecule has 210 valence electrons. The summed E-state index contributed by atoms with van der Waals surface area (Å²) < 4.78 is 17.9. The first-order valence-corrected chi connectivity index (χ1v) is 14.3. The second-order valence-corrected chi connectivity index (χ2v) is 11.0. The van der Waals surface area contributed by atoms with Gasteiger partial charge in [0.15, 0.2) is 5.76 Å². The van der Waals surface area contributed by atoms with Crippen molar-refractivity contribution in [1.29, 1.82) is 0 Å². The lowest BCUT2D eigenvalue weighted by atomic mass is 9.74. The van der Waals surface area contributed by atoms with Crippen molar-refractivity contribution in [2.75, 3.05) is 32.8 Å². The molecule has 0 unspecified atom stereocenters. The number of piperidine rings is 1. The Bertz CT molecular complexity index is 1230. The van der Waals surface area contributed by atoms with Gasteiger partial charge in [-0.25, -0.2) is 0 Å². The minimum atomic E-state index is -1.11. The Kier molecular flexibility index (Phi) is 10.3. The maximum absolute atomic E-state index is 12.0. The monoisotopic (exact) mass is 599 g/mol. The number of nitrogens with one attached hydrogen (secondary N) is 2. The molecule has 2 aromatic carbocycles. The van der Waals surface area contributed by atoms with E-state index in [9.17, 15) is 9.90 Å². The van der Waals surface area contributed by atoms with Crippen LogP contribution in [0.25, 0.3) is 11.3 Å². The topological polar surface area (TPSA) is 106 Å². The van der Waals surface area contributed by atoms with Crippen LogP contribution in [0, 0.1) is 0 Å². The lowest BCUT2D eigenvalue weighted by Crippen LogP contribution is -2.46. The summed E-state index contributed by atoms with van der Waals surface area (Å²) in [4.78, 5) is 11.3. The molecular formula is C30H38BrN3O5. The number of benzene rings is 2. The van der Waals surface area contributed by atoms with E-state index in [1.54, 1.807) is 0 Å². The van der Waals surface area contributed by atoms with Gasteiger partial charge >= 0.3 is 0 Å². The number of rotatable bonds is 12. The number of nitrogens with zero attached hydrogens (tertiary/aromatic N) is 1. The molecule has 2 heterocycles. The predicted octanol–water partition coefficient (Wildman–Crippen LogP) is 4.69. The molecule has 3 N–H and O–H groups in total. The van der Waals surface area contributed by atoms with Crippen LogP contribution in [0.1, 0.15) is 55.5 Å². The number of hydrogen-bond acceptors (Lipinski definition) is 7. The van der Waals surface area contributed by atoms with Gasteiger partial charge in [-0.3, -0.25) is 4.79 Å². The second-order valence-electron chi connectivity index (χ2n) is 10.2. The van der Waals surface area contributed by atoms with E-state index in [0.29, 0.717) is 63.8 Å². The maximum Gasteiger partial charge on any atom is 0.216 e. The fourth-order valence-corrected chi connectivity index (χ4v) is 5.60. The zero-order valence-corrected chi connectivity index (χ0v) is 24.4. The smallest absolute Gasteiger partial charge is 0.216 e. The number of aromatic nitrogens is 1. The third kappa shape index (κ3) is 7.35. The van der Waals surface area contributed by atoms with Gasteiger partial charge in [0.05, 0.1) is 36.3 Å². The number of ether oxygens (including phenoxy) is 2. The molecule has 8 nitrogen and oxygen atoms in total. The highest BCUT2D eigenvalue weighted by atomic mass is 79.9. The summed E-state index contributed by atoms with van der Waals surface area (Å²) in [6.07, 6.45) is 1.40. The van der Waals surface area contributed by atoms with Crippen LogP contribution in [0.3, 0.4) is 0 Å². The fraction of sp³-hybridized carbons (Fsp3) is 0.467. The molecule has 2 atom stereocenters. The molecule has 0 aliphatic carbocycles. The first-order valence-electron chi connectivity index (χ1n) is 13.5. The van der Waals surface area contributed by atoms with E-state index in [2.05, 4.69) is 31.7 Å². The molecule has 1 fully saturated rings. The van der Waals surface area contributed by atoms with E-state index in [-0.39, 0.29) is 17.9 Å². The highest BCUT2D eigenvalue weighted by Gasteiger charge is 2.44. The Hall–Kier alpha value is -2.56. The highest BCUT2D eigenvalue weighted by molar-refractivity contribution is 9.10. The summed E-state index contributed by atoms with van der Waals surface area (Å²) in [6, 6.07) is 15.9. The first kappa shape index (κ1) is 29.4.